The van der Waals surface area contributed by atoms with Crippen molar-refractivity contribution < 1.29 is 17.9 Å². The molecule has 0 N–H and O–H groups in total. The minimum atomic E-state index is -3.41. The number of sulfonamides is 1. The maximum absolute atomic E-state index is 12.6. The molecule has 25 heavy (non-hydrogen) atoms. The van der Waals surface area contributed by atoms with Gasteiger partial charge in [-0.15, -0.1) is 11.8 Å². The van der Waals surface area contributed by atoms with Gasteiger partial charge in [0, 0.05) is 55.8 Å². The van der Waals surface area contributed by atoms with Crippen LogP contribution >= 0.6 is 11.8 Å². The second-order valence-electron chi connectivity index (χ2n) is 7.17. The summed E-state index contributed by atoms with van der Waals surface area (Å²) in [5.74, 6) is 1.57. The third-order valence-corrected chi connectivity index (χ3v) is 8.64. The van der Waals surface area contributed by atoms with Crippen molar-refractivity contribution in [1.29, 1.82) is 0 Å². The molecule has 1 aromatic rings. The van der Waals surface area contributed by atoms with Crippen LogP contribution in [0.15, 0.2) is 29.4 Å². The van der Waals surface area contributed by atoms with E-state index in [4.69, 9.17) is 9.47 Å². The van der Waals surface area contributed by atoms with E-state index in [0.29, 0.717) is 19.0 Å². The highest BCUT2D eigenvalue weighted by molar-refractivity contribution is 8.01. The van der Waals surface area contributed by atoms with Crippen LogP contribution in [0, 0.1) is 5.92 Å². The predicted molar refractivity (Wildman–Crippen MR) is 96.1 cm³/mol. The van der Waals surface area contributed by atoms with Crippen molar-refractivity contribution >= 4 is 21.8 Å². The molecule has 1 aromatic heterocycles. The number of hydrogen-bond acceptors (Lipinski definition) is 6. The van der Waals surface area contributed by atoms with Gasteiger partial charge in [-0.2, -0.15) is 4.31 Å². The van der Waals surface area contributed by atoms with Crippen LogP contribution in [0.5, 0.6) is 0 Å². The second-order valence-corrected chi connectivity index (χ2v) is 10.6. The molecule has 0 bridgehead atoms. The van der Waals surface area contributed by atoms with Gasteiger partial charge in [-0.05, 0) is 37.3 Å². The predicted octanol–water partition coefficient (Wildman–Crippen LogP) is 1.77. The maximum atomic E-state index is 12.6. The molecule has 0 amide bonds. The summed E-state index contributed by atoms with van der Waals surface area (Å²) >= 11 is 1.87. The van der Waals surface area contributed by atoms with E-state index < -0.39 is 10.0 Å². The molecule has 6 nitrogen and oxygen atoms in total. The molecule has 0 radical (unpaired) electrons. The van der Waals surface area contributed by atoms with Gasteiger partial charge in [-0.1, -0.05) is 0 Å². The molecule has 3 saturated heterocycles. The van der Waals surface area contributed by atoms with Crippen LogP contribution in [0.1, 0.15) is 19.3 Å². The molecule has 4 heterocycles. The van der Waals surface area contributed by atoms with Crippen molar-refractivity contribution in [2.75, 3.05) is 38.7 Å². The molecule has 138 valence electrons. The minimum Gasteiger partial charge on any atom is -0.381 e. The highest BCUT2D eigenvalue weighted by Gasteiger charge is 2.53. The lowest BCUT2D eigenvalue weighted by Gasteiger charge is -2.46. The molecular formula is C17H24N2O4S2. The highest BCUT2D eigenvalue weighted by atomic mass is 32.2. The molecule has 0 aliphatic carbocycles. The van der Waals surface area contributed by atoms with Crippen LogP contribution in [-0.4, -0.2) is 67.2 Å². The van der Waals surface area contributed by atoms with Gasteiger partial charge < -0.3 is 9.47 Å². The summed E-state index contributed by atoms with van der Waals surface area (Å²) in [7, 11) is -3.41. The van der Waals surface area contributed by atoms with E-state index in [9.17, 15) is 8.42 Å². The highest BCUT2D eigenvalue weighted by Crippen LogP contribution is 2.47. The number of pyridine rings is 1. The lowest BCUT2D eigenvalue weighted by Crippen LogP contribution is -2.60. The lowest BCUT2D eigenvalue weighted by atomic mass is 9.95. The van der Waals surface area contributed by atoms with Crippen LogP contribution in [0.25, 0.3) is 0 Å². The fraction of sp³-hybridized carbons (Fsp3) is 0.706. The molecule has 3 aliphatic rings. The molecule has 4 rings (SSSR count). The first-order chi connectivity index (χ1) is 12.1. The average Bonchev–Trinajstić information content (AvgIpc) is 3.05. The van der Waals surface area contributed by atoms with Crippen LogP contribution in [-0.2, 0) is 19.5 Å². The van der Waals surface area contributed by atoms with E-state index in [1.165, 1.54) is 6.20 Å². The smallest absolute Gasteiger partial charge is 0.244 e. The Morgan fingerprint density at radius 3 is 2.88 bits per heavy atom. The molecule has 3 fully saturated rings. The normalized spacial score (nSPS) is 27.4. The largest absolute Gasteiger partial charge is 0.381 e. The van der Waals surface area contributed by atoms with Crippen LogP contribution in [0.2, 0.25) is 0 Å². The van der Waals surface area contributed by atoms with Crippen molar-refractivity contribution in [1.82, 2.24) is 9.29 Å². The Bertz CT molecular complexity index is 686. The van der Waals surface area contributed by atoms with E-state index >= 15 is 0 Å². The zero-order valence-electron chi connectivity index (χ0n) is 14.2. The Morgan fingerprint density at radius 2 is 2.16 bits per heavy atom. The monoisotopic (exact) mass is 384 g/mol. The van der Waals surface area contributed by atoms with Gasteiger partial charge in [0.2, 0.25) is 10.0 Å². The van der Waals surface area contributed by atoms with Gasteiger partial charge in [0.15, 0.2) is 0 Å². The number of aromatic nitrogens is 1. The molecule has 3 aliphatic heterocycles. The fourth-order valence-electron chi connectivity index (χ4n) is 3.73. The molecule has 0 saturated carbocycles. The summed E-state index contributed by atoms with van der Waals surface area (Å²) in [6.45, 7) is 3.65. The first kappa shape index (κ1) is 17.7. The van der Waals surface area contributed by atoms with E-state index in [2.05, 4.69) is 4.98 Å². The lowest BCUT2D eigenvalue weighted by molar-refractivity contribution is -0.00923. The molecule has 0 unspecified atom stereocenters. The molecular weight excluding hydrogens is 360 g/mol. The van der Waals surface area contributed by atoms with Crippen LogP contribution in [0.3, 0.4) is 0 Å². The van der Waals surface area contributed by atoms with Gasteiger partial charge in [0.05, 0.1) is 6.10 Å². The van der Waals surface area contributed by atoms with Crippen molar-refractivity contribution in [3.05, 3.63) is 24.5 Å². The second kappa shape index (κ2) is 7.15. The van der Waals surface area contributed by atoms with Gasteiger partial charge in [-0.3, -0.25) is 4.98 Å². The quantitative estimate of drug-likeness (QED) is 0.771. The molecule has 1 spiro atoms. The standard InChI is InChI=1S/C17H24N2O4S2/c20-25(21,16-2-1-5-18-9-16)19-12-17(13-19)8-15(11-24-17)23-10-14-3-6-22-7-4-14/h1-2,5,9,14-15H,3-4,6-8,10-13H2/t15-/m0/s1. The SMILES string of the molecule is O=S(=O)(c1cccnc1)N1CC2(C[C@H](OCC3CCOCC3)CS2)C1. The Balaban J connectivity index is 1.28. The summed E-state index contributed by atoms with van der Waals surface area (Å²) in [6, 6.07) is 3.27. The van der Waals surface area contributed by atoms with Crippen molar-refractivity contribution in [2.45, 2.75) is 35.0 Å². The number of hydrogen-bond donors (Lipinski definition) is 0. The average molecular weight is 385 g/mol. The van der Waals surface area contributed by atoms with Gasteiger partial charge >= 0.3 is 0 Å². The third-order valence-electron chi connectivity index (χ3n) is 5.28. The Morgan fingerprint density at radius 1 is 1.36 bits per heavy atom. The number of nitrogens with zero attached hydrogens (tertiary/aromatic N) is 2. The first-order valence-electron chi connectivity index (χ1n) is 8.81. The van der Waals surface area contributed by atoms with E-state index in [0.717, 1.165) is 44.8 Å². The number of thioether (sulfide) groups is 1. The van der Waals surface area contributed by atoms with Crippen molar-refractivity contribution in [3.63, 3.8) is 0 Å². The Labute approximate surface area is 153 Å². The minimum absolute atomic E-state index is 0.0373. The van der Waals surface area contributed by atoms with Gasteiger partial charge in [0.25, 0.3) is 0 Å². The van der Waals surface area contributed by atoms with Crippen LogP contribution in [0.4, 0.5) is 0 Å². The molecule has 0 aromatic carbocycles. The third kappa shape index (κ3) is 3.73. The van der Waals surface area contributed by atoms with Crippen molar-refractivity contribution in [2.24, 2.45) is 5.92 Å². The Kier molecular flexibility index (Phi) is 5.07. The topological polar surface area (TPSA) is 68.7 Å². The first-order valence-corrected chi connectivity index (χ1v) is 11.2. The van der Waals surface area contributed by atoms with Gasteiger partial charge in [-0.25, -0.2) is 8.42 Å². The summed E-state index contributed by atoms with van der Waals surface area (Å²) in [6.07, 6.45) is 6.37. The summed E-state index contributed by atoms with van der Waals surface area (Å²) in [4.78, 5) is 4.20. The maximum Gasteiger partial charge on any atom is 0.244 e. The van der Waals surface area contributed by atoms with E-state index in [1.807, 2.05) is 11.8 Å². The van der Waals surface area contributed by atoms with E-state index in [1.54, 1.807) is 22.6 Å². The molecule has 8 heteroatoms. The zero-order chi connectivity index (χ0) is 17.3. The molecule has 1 atom stereocenters. The summed E-state index contributed by atoms with van der Waals surface area (Å²) < 4.78 is 38.3. The van der Waals surface area contributed by atoms with Crippen LogP contribution < -0.4 is 0 Å². The van der Waals surface area contributed by atoms with Gasteiger partial charge in [0.1, 0.15) is 4.90 Å². The zero-order valence-corrected chi connectivity index (χ0v) is 15.8. The number of ether oxygens (including phenoxy) is 2. The number of rotatable bonds is 5. The summed E-state index contributed by atoms with van der Waals surface area (Å²) in [5.41, 5.74) is 0. The summed E-state index contributed by atoms with van der Waals surface area (Å²) in [5, 5.41) is 0. The Hall–Kier alpha value is -0.670. The van der Waals surface area contributed by atoms with E-state index in [-0.39, 0.29) is 15.7 Å². The fourth-order valence-corrected chi connectivity index (χ4v) is 7.02. The van der Waals surface area contributed by atoms with Crippen molar-refractivity contribution in [3.8, 4) is 0 Å².